The van der Waals surface area contributed by atoms with E-state index < -0.39 is 24.9 Å². The summed E-state index contributed by atoms with van der Waals surface area (Å²) in [6.07, 6.45) is 1.09. The standard InChI is InChI=1S/C20H26FN6O5P/c1-12-4-5-15(8-16(12)21)9-32-33(30,26-13(2)14(3)28)11-31-7-6-27-10-23-17-18(27)24-20(22)25-19(17)29/h4-5,8,10,13H,6-7,9,11H2,1-3H3,(H,26,30)(H3,22,24,25,29). The molecule has 178 valence electrons. The number of nitrogen functional groups attached to an aromatic ring is 1. The lowest BCUT2D eigenvalue weighted by molar-refractivity contribution is -0.118. The number of ether oxygens (including phenoxy) is 1. The maximum atomic E-state index is 13.8. The van der Waals surface area contributed by atoms with Crippen LogP contribution in [0.15, 0.2) is 29.3 Å². The highest BCUT2D eigenvalue weighted by Gasteiger charge is 2.28. The molecule has 0 aliphatic heterocycles. The fourth-order valence-corrected chi connectivity index (χ4v) is 4.61. The Labute approximate surface area is 189 Å². The number of fused-ring (bicyclic) bond motifs is 1. The number of imidazole rings is 1. The van der Waals surface area contributed by atoms with E-state index in [9.17, 15) is 18.5 Å². The monoisotopic (exact) mass is 480 g/mol. The number of aromatic nitrogens is 4. The molecule has 1 aromatic carbocycles. The number of aryl methyl sites for hydroxylation is 1. The summed E-state index contributed by atoms with van der Waals surface area (Å²) >= 11 is 0. The van der Waals surface area contributed by atoms with Crippen LogP contribution in [0.3, 0.4) is 0 Å². The van der Waals surface area contributed by atoms with Gasteiger partial charge >= 0.3 is 0 Å². The van der Waals surface area contributed by atoms with Crippen molar-refractivity contribution in [3.8, 4) is 0 Å². The van der Waals surface area contributed by atoms with Gasteiger partial charge in [-0.2, -0.15) is 4.98 Å². The smallest absolute Gasteiger partial charge is 0.295 e. The molecule has 4 N–H and O–H groups in total. The molecular formula is C20H26FN6O5P. The quantitative estimate of drug-likeness (QED) is 0.276. The lowest BCUT2D eigenvalue weighted by Gasteiger charge is -2.22. The number of H-pyrrole nitrogens is 1. The van der Waals surface area contributed by atoms with E-state index in [1.807, 2.05) is 0 Å². The Balaban J connectivity index is 1.64. The first kappa shape index (κ1) is 24.7. The second-order valence-electron chi connectivity index (χ2n) is 7.59. The van der Waals surface area contributed by atoms with Crippen molar-refractivity contribution in [3.63, 3.8) is 0 Å². The Bertz CT molecular complexity index is 1260. The van der Waals surface area contributed by atoms with Crippen LogP contribution in [-0.2, 0) is 31.8 Å². The van der Waals surface area contributed by atoms with E-state index >= 15 is 0 Å². The molecule has 0 saturated heterocycles. The van der Waals surface area contributed by atoms with Gasteiger partial charge in [-0.25, -0.2) is 14.5 Å². The zero-order chi connectivity index (χ0) is 24.2. The zero-order valence-electron chi connectivity index (χ0n) is 18.5. The lowest BCUT2D eigenvalue weighted by atomic mass is 10.1. The summed E-state index contributed by atoms with van der Waals surface area (Å²) in [4.78, 5) is 34.0. The first-order valence-corrected chi connectivity index (χ1v) is 11.9. The van der Waals surface area contributed by atoms with Crippen molar-refractivity contribution in [1.82, 2.24) is 24.6 Å². The number of carbonyl (C=O) groups is 1. The predicted molar refractivity (Wildman–Crippen MR) is 120 cm³/mol. The van der Waals surface area contributed by atoms with Crippen molar-refractivity contribution in [2.45, 2.75) is 40.0 Å². The maximum absolute atomic E-state index is 13.8. The van der Waals surface area contributed by atoms with Crippen LogP contribution in [0, 0.1) is 12.7 Å². The van der Waals surface area contributed by atoms with Gasteiger partial charge in [-0.15, -0.1) is 0 Å². The van der Waals surface area contributed by atoms with Crippen molar-refractivity contribution < 1.29 is 23.0 Å². The molecule has 0 amide bonds. The van der Waals surface area contributed by atoms with Crippen molar-refractivity contribution in [3.05, 3.63) is 51.8 Å². The molecule has 0 spiro atoms. The fraction of sp³-hybridized carbons (Fsp3) is 0.400. The number of nitrogens with two attached hydrogens (primary N) is 1. The second kappa shape index (κ2) is 10.3. The van der Waals surface area contributed by atoms with Crippen molar-refractivity contribution in [1.29, 1.82) is 0 Å². The molecule has 0 bridgehead atoms. The van der Waals surface area contributed by atoms with Gasteiger partial charge in [0.05, 0.1) is 25.6 Å². The molecular weight excluding hydrogens is 454 g/mol. The summed E-state index contributed by atoms with van der Waals surface area (Å²) in [5.41, 5.74) is 6.54. The highest BCUT2D eigenvalue weighted by atomic mass is 31.2. The van der Waals surface area contributed by atoms with Crippen LogP contribution in [0.4, 0.5) is 10.3 Å². The molecule has 11 nitrogen and oxygen atoms in total. The van der Waals surface area contributed by atoms with Crippen LogP contribution in [-0.4, -0.2) is 44.3 Å². The minimum absolute atomic E-state index is 0.0389. The number of nitrogens with one attached hydrogen (secondary N) is 2. The molecule has 0 aliphatic rings. The predicted octanol–water partition coefficient (Wildman–Crippen LogP) is 2.10. The second-order valence-corrected chi connectivity index (χ2v) is 9.71. The number of anilines is 1. The maximum Gasteiger partial charge on any atom is 0.295 e. The highest BCUT2D eigenvalue weighted by molar-refractivity contribution is 7.56. The summed E-state index contributed by atoms with van der Waals surface area (Å²) in [5, 5.41) is 2.70. The molecule has 0 saturated carbocycles. The Morgan fingerprint density at radius 3 is 2.88 bits per heavy atom. The minimum atomic E-state index is -3.62. The van der Waals surface area contributed by atoms with E-state index in [1.54, 1.807) is 30.5 Å². The third kappa shape index (κ3) is 6.32. The topological polar surface area (TPSA) is 154 Å². The Morgan fingerprint density at radius 1 is 1.42 bits per heavy atom. The number of aromatic amines is 1. The average molecular weight is 480 g/mol. The first-order chi connectivity index (χ1) is 15.6. The molecule has 2 atom stereocenters. The number of benzene rings is 1. The Kier molecular flexibility index (Phi) is 7.75. The molecule has 3 aromatic rings. The van der Waals surface area contributed by atoms with Crippen LogP contribution in [0.25, 0.3) is 11.2 Å². The van der Waals surface area contributed by atoms with Crippen molar-refractivity contribution >= 4 is 30.4 Å². The molecule has 0 radical (unpaired) electrons. The summed E-state index contributed by atoms with van der Waals surface area (Å²) < 4.78 is 39.8. The van der Waals surface area contributed by atoms with Gasteiger partial charge in [-0.3, -0.25) is 19.1 Å². The molecule has 0 fully saturated rings. The van der Waals surface area contributed by atoms with Crippen molar-refractivity contribution in [2.24, 2.45) is 0 Å². The van der Waals surface area contributed by atoms with Crippen LogP contribution < -0.4 is 16.4 Å². The van der Waals surface area contributed by atoms with E-state index in [0.29, 0.717) is 16.8 Å². The Hall–Kier alpha value is -2.92. The number of nitrogens with zero attached hydrogens (tertiary/aromatic N) is 3. The van der Waals surface area contributed by atoms with Crippen LogP contribution in [0.5, 0.6) is 0 Å². The zero-order valence-corrected chi connectivity index (χ0v) is 19.4. The average Bonchev–Trinajstić information content (AvgIpc) is 3.15. The van der Waals surface area contributed by atoms with Crippen LogP contribution >= 0.6 is 7.52 Å². The van der Waals surface area contributed by atoms with Gasteiger partial charge in [-0.1, -0.05) is 12.1 Å². The molecule has 2 unspecified atom stereocenters. The van der Waals surface area contributed by atoms with E-state index in [-0.39, 0.29) is 43.4 Å². The van der Waals surface area contributed by atoms with Gasteiger partial charge in [0.25, 0.3) is 13.1 Å². The number of ketones is 1. The summed E-state index contributed by atoms with van der Waals surface area (Å²) in [7, 11) is -3.62. The van der Waals surface area contributed by atoms with E-state index in [0.717, 1.165) is 0 Å². The number of halogens is 1. The molecule has 2 aromatic heterocycles. The molecule has 13 heteroatoms. The third-order valence-corrected chi connectivity index (χ3v) is 6.76. The number of rotatable bonds is 11. The highest BCUT2D eigenvalue weighted by Crippen LogP contribution is 2.44. The normalized spacial score (nSPS) is 14.3. The molecule has 33 heavy (non-hydrogen) atoms. The largest absolute Gasteiger partial charge is 0.369 e. The van der Waals surface area contributed by atoms with Gasteiger partial charge in [-0.05, 0) is 38.0 Å². The van der Waals surface area contributed by atoms with Gasteiger partial charge in [0, 0.05) is 6.54 Å². The number of hydrogen-bond donors (Lipinski definition) is 3. The fourth-order valence-electron chi connectivity index (χ4n) is 2.88. The molecule has 3 rings (SSSR count). The molecule has 2 heterocycles. The van der Waals surface area contributed by atoms with E-state index in [1.165, 1.54) is 19.3 Å². The van der Waals surface area contributed by atoms with E-state index in [4.69, 9.17) is 15.0 Å². The summed E-state index contributed by atoms with van der Waals surface area (Å²) in [5.74, 6) is -0.658. The van der Waals surface area contributed by atoms with Gasteiger partial charge < -0.3 is 19.6 Å². The van der Waals surface area contributed by atoms with Gasteiger partial charge in [0.15, 0.2) is 11.2 Å². The number of hydrogen-bond acceptors (Lipinski definition) is 8. The Morgan fingerprint density at radius 2 is 2.18 bits per heavy atom. The first-order valence-electron chi connectivity index (χ1n) is 10.1. The van der Waals surface area contributed by atoms with Crippen molar-refractivity contribution in [2.75, 3.05) is 18.7 Å². The van der Waals surface area contributed by atoms with E-state index in [2.05, 4.69) is 20.0 Å². The summed E-state index contributed by atoms with van der Waals surface area (Å²) in [6, 6.07) is 3.84. The number of carbonyl (C=O) groups excluding carboxylic acids is 1. The SMILES string of the molecule is CC(=O)C(C)NP(=O)(COCCn1cnc2c(=O)[nH]c(N)nc21)OCc1ccc(C)c(F)c1. The van der Waals surface area contributed by atoms with Crippen LogP contribution in [0.1, 0.15) is 25.0 Å². The lowest BCUT2D eigenvalue weighted by Crippen LogP contribution is -2.32. The molecule has 0 aliphatic carbocycles. The third-order valence-electron chi connectivity index (χ3n) is 4.91. The summed E-state index contributed by atoms with van der Waals surface area (Å²) in [6.45, 7) is 4.77. The van der Waals surface area contributed by atoms with Gasteiger partial charge in [0.2, 0.25) is 5.95 Å². The minimum Gasteiger partial charge on any atom is -0.369 e. The number of Topliss-reactive ketones (excluding diaryl/α,β-unsaturated/α-hetero) is 1. The van der Waals surface area contributed by atoms with Crippen LogP contribution in [0.2, 0.25) is 0 Å². The van der Waals surface area contributed by atoms with Gasteiger partial charge in [0.1, 0.15) is 17.9 Å².